The van der Waals surface area contributed by atoms with E-state index in [0.717, 1.165) is 0 Å². The van der Waals surface area contributed by atoms with Crippen LogP contribution in [0.15, 0.2) is 46.9 Å². The van der Waals surface area contributed by atoms with Gasteiger partial charge in [-0.1, -0.05) is 46.3 Å². The number of hydrogen-bond donors (Lipinski definition) is 1. The number of ether oxygens (including phenoxy) is 1. The van der Waals surface area contributed by atoms with Gasteiger partial charge in [-0.15, -0.1) is 0 Å². The maximum absolute atomic E-state index is 12.3. The zero-order chi connectivity index (χ0) is 14.8. The molecule has 0 fully saturated rings. The van der Waals surface area contributed by atoms with E-state index in [0.29, 0.717) is 20.5 Å². The van der Waals surface area contributed by atoms with Crippen molar-refractivity contribution in [3.05, 3.63) is 69.1 Å². The molecule has 0 saturated heterocycles. The van der Waals surface area contributed by atoms with Gasteiger partial charge in [-0.2, -0.15) is 4.73 Å². The number of rotatable bonds is 4. The third-order valence-electron chi connectivity index (χ3n) is 3.03. The van der Waals surface area contributed by atoms with E-state index in [4.69, 9.17) is 4.74 Å². The maximum Gasteiger partial charge on any atom is 0.282 e. The Hall–Kier alpha value is -1.43. The molecule has 0 spiro atoms. The molecule has 0 amide bonds. The van der Waals surface area contributed by atoms with Crippen LogP contribution in [0.2, 0.25) is 0 Å². The number of aromatic nitrogens is 1. The Bertz CT molecular complexity index is 604. The molecule has 1 aromatic carbocycles. The minimum absolute atomic E-state index is 0.137. The van der Waals surface area contributed by atoms with Gasteiger partial charge in [0.05, 0.1) is 0 Å². The zero-order valence-electron chi connectivity index (χ0n) is 11.3. The number of benzene rings is 1. The molecule has 0 aliphatic heterocycles. The highest BCUT2D eigenvalue weighted by molar-refractivity contribution is 9.10. The summed E-state index contributed by atoms with van der Waals surface area (Å²) in [7, 11) is 0. The summed E-state index contributed by atoms with van der Waals surface area (Å²) in [5, 5.41) is 23.2. The van der Waals surface area contributed by atoms with Gasteiger partial charge < -0.3 is 15.1 Å². The van der Waals surface area contributed by atoms with Crippen molar-refractivity contribution in [2.45, 2.75) is 19.6 Å². The van der Waals surface area contributed by atoms with Crippen molar-refractivity contribution < 1.29 is 14.6 Å². The topological polar surface area (TPSA) is 56.4 Å². The van der Waals surface area contributed by atoms with E-state index in [-0.39, 0.29) is 12.3 Å². The summed E-state index contributed by atoms with van der Waals surface area (Å²) in [4.78, 5) is 0. The monoisotopic (exact) mass is 337 g/mol. The first-order chi connectivity index (χ1) is 9.49. The summed E-state index contributed by atoms with van der Waals surface area (Å²) >= 11 is 3.34. The van der Waals surface area contributed by atoms with Crippen molar-refractivity contribution in [2.24, 2.45) is 0 Å². The highest BCUT2D eigenvalue weighted by atomic mass is 79.9. The van der Waals surface area contributed by atoms with Crippen LogP contribution in [0, 0.1) is 12.1 Å². The SMILES string of the molecule is CCOC(O)(c1ccccc1)c1cc(Br)cc(C)[n+]1[O-]. The molecule has 5 heteroatoms. The lowest BCUT2D eigenvalue weighted by Crippen LogP contribution is -2.46. The Labute approximate surface area is 126 Å². The summed E-state index contributed by atoms with van der Waals surface area (Å²) in [5.74, 6) is -1.77. The van der Waals surface area contributed by atoms with Gasteiger partial charge in [-0.05, 0) is 6.92 Å². The minimum atomic E-state index is -1.77. The molecular weight excluding hydrogens is 322 g/mol. The van der Waals surface area contributed by atoms with Gasteiger partial charge >= 0.3 is 0 Å². The molecule has 4 nitrogen and oxygen atoms in total. The molecule has 2 aromatic rings. The minimum Gasteiger partial charge on any atom is -0.618 e. The lowest BCUT2D eigenvalue weighted by atomic mass is 10.0. The number of aryl methyl sites for hydroxylation is 1. The van der Waals surface area contributed by atoms with Crippen molar-refractivity contribution >= 4 is 15.9 Å². The van der Waals surface area contributed by atoms with Crippen LogP contribution in [0.3, 0.4) is 0 Å². The van der Waals surface area contributed by atoms with Gasteiger partial charge in [-0.25, -0.2) is 0 Å². The highest BCUT2D eigenvalue weighted by Crippen LogP contribution is 2.30. The summed E-state index contributed by atoms with van der Waals surface area (Å²) < 4.78 is 6.91. The molecule has 0 aliphatic rings. The van der Waals surface area contributed by atoms with E-state index >= 15 is 0 Å². The molecule has 0 aliphatic carbocycles. The van der Waals surface area contributed by atoms with Gasteiger partial charge in [0.1, 0.15) is 0 Å². The second-order valence-corrected chi connectivity index (χ2v) is 5.35. The number of halogens is 1. The summed E-state index contributed by atoms with van der Waals surface area (Å²) in [6, 6.07) is 12.1. The van der Waals surface area contributed by atoms with Crippen LogP contribution in [0.4, 0.5) is 0 Å². The van der Waals surface area contributed by atoms with Crippen LogP contribution in [-0.4, -0.2) is 11.7 Å². The molecular formula is C15H16BrNO3. The van der Waals surface area contributed by atoms with E-state index in [1.165, 1.54) is 0 Å². The third-order valence-corrected chi connectivity index (χ3v) is 3.48. The van der Waals surface area contributed by atoms with Crippen LogP contribution in [0.25, 0.3) is 0 Å². The smallest absolute Gasteiger partial charge is 0.282 e. The molecule has 0 saturated carbocycles. The van der Waals surface area contributed by atoms with Gasteiger partial charge in [0.25, 0.3) is 11.5 Å². The van der Waals surface area contributed by atoms with Gasteiger partial charge in [0.15, 0.2) is 5.69 Å². The first-order valence-corrected chi connectivity index (χ1v) is 7.10. The van der Waals surface area contributed by atoms with Crippen LogP contribution in [0.1, 0.15) is 23.9 Å². The molecule has 1 aromatic heterocycles. The number of hydrogen-bond acceptors (Lipinski definition) is 3. The summed E-state index contributed by atoms with van der Waals surface area (Å²) in [6.45, 7) is 3.73. The summed E-state index contributed by atoms with van der Waals surface area (Å²) in [5.41, 5.74) is 1.13. The fraction of sp³-hybridized carbons (Fsp3) is 0.267. The van der Waals surface area contributed by atoms with E-state index in [2.05, 4.69) is 15.9 Å². The molecule has 0 radical (unpaired) electrons. The molecule has 20 heavy (non-hydrogen) atoms. The van der Waals surface area contributed by atoms with Crippen LogP contribution < -0.4 is 4.73 Å². The molecule has 1 heterocycles. The number of nitrogens with zero attached hydrogens (tertiary/aromatic N) is 1. The van der Waals surface area contributed by atoms with E-state index in [1.54, 1.807) is 50.2 Å². The van der Waals surface area contributed by atoms with Gasteiger partial charge in [0, 0.05) is 35.7 Å². The average Bonchev–Trinajstić information content (AvgIpc) is 2.44. The third kappa shape index (κ3) is 2.70. The van der Waals surface area contributed by atoms with Crippen molar-refractivity contribution in [1.29, 1.82) is 0 Å². The predicted molar refractivity (Wildman–Crippen MR) is 78.9 cm³/mol. The van der Waals surface area contributed by atoms with Crippen molar-refractivity contribution in [2.75, 3.05) is 6.61 Å². The Balaban J connectivity index is 2.65. The average molecular weight is 338 g/mol. The molecule has 1 unspecified atom stereocenters. The number of aliphatic hydroxyl groups is 1. The summed E-state index contributed by atoms with van der Waals surface area (Å²) in [6.07, 6.45) is 0. The molecule has 106 valence electrons. The maximum atomic E-state index is 12.3. The lowest BCUT2D eigenvalue weighted by molar-refractivity contribution is -0.634. The van der Waals surface area contributed by atoms with Crippen molar-refractivity contribution in [3.8, 4) is 0 Å². The van der Waals surface area contributed by atoms with Crippen LogP contribution in [-0.2, 0) is 10.5 Å². The highest BCUT2D eigenvalue weighted by Gasteiger charge is 2.40. The van der Waals surface area contributed by atoms with E-state index in [9.17, 15) is 10.3 Å². The largest absolute Gasteiger partial charge is 0.618 e. The Morgan fingerprint density at radius 3 is 2.55 bits per heavy atom. The molecule has 2 rings (SSSR count). The Kier molecular flexibility index (Phi) is 4.42. The van der Waals surface area contributed by atoms with Crippen molar-refractivity contribution in [3.63, 3.8) is 0 Å². The molecule has 0 bridgehead atoms. The Morgan fingerprint density at radius 1 is 1.30 bits per heavy atom. The van der Waals surface area contributed by atoms with Gasteiger partial charge in [0.2, 0.25) is 0 Å². The van der Waals surface area contributed by atoms with Crippen molar-refractivity contribution in [1.82, 2.24) is 0 Å². The Morgan fingerprint density at radius 2 is 1.95 bits per heavy atom. The van der Waals surface area contributed by atoms with Gasteiger partial charge in [-0.3, -0.25) is 0 Å². The first-order valence-electron chi connectivity index (χ1n) is 6.31. The second kappa shape index (κ2) is 5.91. The standard InChI is InChI=1S/C15H16BrNO3/c1-3-20-15(18,12-7-5-4-6-8-12)14-10-13(16)9-11(2)17(14)19/h4-10,18H,3H2,1-2H3. The predicted octanol–water partition coefficient (Wildman–Crippen LogP) is 2.62. The van der Waals surface area contributed by atoms with E-state index < -0.39 is 5.79 Å². The lowest BCUT2D eigenvalue weighted by Gasteiger charge is -2.27. The normalized spacial score (nSPS) is 14.0. The fourth-order valence-electron chi connectivity index (χ4n) is 2.09. The number of pyridine rings is 1. The second-order valence-electron chi connectivity index (χ2n) is 4.44. The molecule has 1 atom stereocenters. The zero-order valence-corrected chi connectivity index (χ0v) is 12.9. The molecule has 1 N–H and O–H groups in total. The quantitative estimate of drug-likeness (QED) is 0.530. The van der Waals surface area contributed by atoms with Crippen LogP contribution in [0.5, 0.6) is 0 Å². The fourth-order valence-corrected chi connectivity index (χ4v) is 2.64. The van der Waals surface area contributed by atoms with Crippen LogP contribution >= 0.6 is 15.9 Å². The first kappa shape index (κ1) is 15.0. The van der Waals surface area contributed by atoms with E-state index in [1.807, 2.05) is 6.07 Å².